The molecule has 0 spiro atoms. The third kappa shape index (κ3) is 3.85. The van der Waals surface area contributed by atoms with E-state index in [0.717, 1.165) is 36.5 Å². The summed E-state index contributed by atoms with van der Waals surface area (Å²) in [6, 6.07) is 8.90. The third-order valence-electron chi connectivity index (χ3n) is 7.26. The van der Waals surface area contributed by atoms with Gasteiger partial charge in [-0.1, -0.05) is 13.8 Å². The summed E-state index contributed by atoms with van der Waals surface area (Å²) in [7, 11) is 0. The maximum atomic E-state index is 5.82. The van der Waals surface area contributed by atoms with Crippen molar-refractivity contribution in [3.8, 4) is 5.75 Å². The summed E-state index contributed by atoms with van der Waals surface area (Å²) in [6.45, 7) is 7.63. The van der Waals surface area contributed by atoms with Gasteiger partial charge in [-0.25, -0.2) is 0 Å². The van der Waals surface area contributed by atoms with Crippen LogP contribution in [0.1, 0.15) is 71.3 Å². The summed E-state index contributed by atoms with van der Waals surface area (Å²) < 4.78 is 5.82. The number of aliphatic imine (C=N–C) groups is 1. The average molecular weight is 354 g/mol. The molecule has 142 valence electrons. The summed E-state index contributed by atoms with van der Waals surface area (Å²) in [6.07, 6.45) is 12.0. The first-order valence-corrected chi connectivity index (χ1v) is 10.8. The molecule has 1 atom stereocenters. The Kier molecular flexibility index (Phi) is 5.12. The zero-order valence-corrected chi connectivity index (χ0v) is 16.8. The van der Waals surface area contributed by atoms with Crippen LogP contribution < -0.4 is 4.74 Å². The molecular weight excluding hydrogens is 318 g/mol. The molecule has 0 N–H and O–H groups in total. The SMILES string of the molecule is CC(C)CCOc1ccc(C=NC(C)C23CC4CC(CC(C4)C2)C3)cc1. The van der Waals surface area contributed by atoms with Gasteiger partial charge in [-0.3, -0.25) is 4.99 Å². The second-order valence-corrected chi connectivity index (χ2v) is 9.83. The van der Waals surface area contributed by atoms with Gasteiger partial charge < -0.3 is 4.74 Å². The van der Waals surface area contributed by atoms with Gasteiger partial charge in [0.25, 0.3) is 0 Å². The molecule has 4 aliphatic carbocycles. The Labute approximate surface area is 159 Å². The van der Waals surface area contributed by atoms with Crippen LogP contribution in [-0.2, 0) is 0 Å². The molecule has 26 heavy (non-hydrogen) atoms. The second-order valence-electron chi connectivity index (χ2n) is 9.83. The van der Waals surface area contributed by atoms with Crippen molar-refractivity contribution in [3.05, 3.63) is 29.8 Å². The number of ether oxygens (including phenoxy) is 1. The number of hydrogen-bond acceptors (Lipinski definition) is 2. The highest BCUT2D eigenvalue weighted by Crippen LogP contribution is 2.61. The molecule has 0 amide bonds. The fourth-order valence-electron chi connectivity index (χ4n) is 6.11. The fraction of sp³-hybridized carbons (Fsp3) is 0.708. The minimum absolute atomic E-state index is 0.456. The van der Waals surface area contributed by atoms with Crippen molar-refractivity contribution in [3.63, 3.8) is 0 Å². The van der Waals surface area contributed by atoms with Gasteiger partial charge in [-0.2, -0.15) is 0 Å². The molecule has 0 aromatic heterocycles. The molecule has 2 nitrogen and oxygen atoms in total. The predicted molar refractivity (Wildman–Crippen MR) is 109 cm³/mol. The molecule has 0 heterocycles. The van der Waals surface area contributed by atoms with E-state index < -0.39 is 0 Å². The molecule has 0 aliphatic heterocycles. The Morgan fingerprint density at radius 1 is 1.00 bits per heavy atom. The van der Waals surface area contributed by atoms with E-state index in [1.165, 1.54) is 44.1 Å². The molecule has 1 unspecified atom stereocenters. The topological polar surface area (TPSA) is 21.6 Å². The van der Waals surface area contributed by atoms with Crippen LogP contribution >= 0.6 is 0 Å². The van der Waals surface area contributed by atoms with Gasteiger partial charge in [-0.05, 0) is 111 Å². The quantitative estimate of drug-likeness (QED) is 0.540. The van der Waals surface area contributed by atoms with Crippen molar-refractivity contribution in [2.24, 2.45) is 34.1 Å². The van der Waals surface area contributed by atoms with Crippen LogP contribution in [0.25, 0.3) is 0 Å². The first kappa shape index (κ1) is 18.1. The zero-order chi connectivity index (χ0) is 18.1. The number of rotatable bonds is 7. The Bertz CT molecular complexity index is 595. The van der Waals surface area contributed by atoms with Crippen molar-refractivity contribution in [1.29, 1.82) is 0 Å². The second kappa shape index (κ2) is 7.37. The Morgan fingerprint density at radius 2 is 1.58 bits per heavy atom. The van der Waals surface area contributed by atoms with E-state index in [4.69, 9.17) is 9.73 Å². The Balaban J connectivity index is 1.35. The van der Waals surface area contributed by atoms with Crippen LogP contribution in [-0.4, -0.2) is 18.9 Å². The third-order valence-corrected chi connectivity index (χ3v) is 7.26. The first-order valence-electron chi connectivity index (χ1n) is 10.8. The van der Waals surface area contributed by atoms with Gasteiger partial charge in [0.05, 0.1) is 12.6 Å². The Morgan fingerprint density at radius 3 is 2.12 bits per heavy atom. The molecule has 5 rings (SSSR count). The monoisotopic (exact) mass is 353 g/mol. The van der Waals surface area contributed by atoms with Crippen LogP contribution in [0.3, 0.4) is 0 Å². The largest absolute Gasteiger partial charge is 0.494 e. The summed E-state index contributed by atoms with van der Waals surface area (Å²) in [5.41, 5.74) is 1.70. The molecule has 4 aliphatic rings. The number of benzene rings is 1. The summed E-state index contributed by atoms with van der Waals surface area (Å²) in [5, 5.41) is 0. The number of nitrogens with zero attached hydrogens (tertiary/aromatic N) is 1. The van der Waals surface area contributed by atoms with E-state index in [1.807, 2.05) is 0 Å². The minimum atomic E-state index is 0.456. The molecule has 0 saturated heterocycles. The molecule has 4 fully saturated rings. The van der Waals surface area contributed by atoms with Gasteiger partial charge in [0.2, 0.25) is 0 Å². The molecule has 0 radical (unpaired) electrons. The highest BCUT2D eigenvalue weighted by atomic mass is 16.5. The highest BCUT2D eigenvalue weighted by molar-refractivity contribution is 5.79. The standard InChI is InChI=1S/C24H35NO/c1-17(2)8-9-26-23-6-4-19(5-7-23)16-25-18(3)24-13-20-10-21(14-24)12-22(11-20)15-24/h4-7,16-18,20-22H,8-15H2,1-3H3. The van der Waals surface area contributed by atoms with Gasteiger partial charge >= 0.3 is 0 Å². The summed E-state index contributed by atoms with van der Waals surface area (Å²) in [4.78, 5) is 5.03. The molecule has 4 bridgehead atoms. The van der Waals surface area contributed by atoms with Crippen molar-refractivity contribution in [2.45, 2.75) is 71.8 Å². The van der Waals surface area contributed by atoms with E-state index in [2.05, 4.69) is 51.3 Å². The van der Waals surface area contributed by atoms with Crippen molar-refractivity contribution < 1.29 is 4.74 Å². The Hall–Kier alpha value is -1.31. The maximum Gasteiger partial charge on any atom is 0.119 e. The van der Waals surface area contributed by atoms with E-state index in [1.54, 1.807) is 0 Å². The molecular formula is C24H35NO. The van der Waals surface area contributed by atoms with Crippen LogP contribution in [0, 0.1) is 29.1 Å². The van der Waals surface area contributed by atoms with E-state index >= 15 is 0 Å². The lowest BCUT2D eigenvalue weighted by atomic mass is 9.48. The van der Waals surface area contributed by atoms with E-state index in [9.17, 15) is 0 Å². The van der Waals surface area contributed by atoms with Crippen molar-refractivity contribution >= 4 is 6.21 Å². The lowest BCUT2D eigenvalue weighted by molar-refractivity contribution is -0.0632. The smallest absolute Gasteiger partial charge is 0.119 e. The van der Waals surface area contributed by atoms with Crippen LogP contribution in [0.15, 0.2) is 29.3 Å². The summed E-state index contributed by atoms with van der Waals surface area (Å²) in [5.74, 6) is 4.66. The van der Waals surface area contributed by atoms with Crippen molar-refractivity contribution in [1.82, 2.24) is 0 Å². The molecule has 1 aromatic rings. The van der Waals surface area contributed by atoms with Crippen molar-refractivity contribution in [2.75, 3.05) is 6.61 Å². The molecule has 1 aromatic carbocycles. The fourth-order valence-corrected chi connectivity index (χ4v) is 6.11. The first-order chi connectivity index (χ1) is 12.5. The van der Waals surface area contributed by atoms with Crippen LogP contribution in [0.2, 0.25) is 0 Å². The lowest BCUT2D eigenvalue weighted by Crippen LogP contribution is -2.50. The van der Waals surface area contributed by atoms with Gasteiger partial charge in [0.15, 0.2) is 0 Å². The predicted octanol–water partition coefficient (Wildman–Crippen LogP) is 6.14. The normalized spacial score (nSPS) is 33.9. The van der Waals surface area contributed by atoms with Crippen LogP contribution in [0.4, 0.5) is 0 Å². The van der Waals surface area contributed by atoms with Gasteiger partial charge in [0.1, 0.15) is 5.75 Å². The van der Waals surface area contributed by atoms with Gasteiger partial charge in [-0.15, -0.1) is 0 Å². The molecule has 2 heteroatoms. The molecule has 4 saturated carbocycles. The maximum absolute atomic E-state index is 5.82. The average Bonchev–Trinajstić information content (AvgIpc) is 2.59. The zero-order valence-electron chi connectivity index (χ0n) is 16.8. The lowest BCUT2D eigenvalue weighted by Gasteiger charge is -2.58. The number of hydrogen-bond donors (Lipinski definition) is 0. The minimum Gasteiger partial charge on any atom is -0.494 e. The van der Waals surface area contributed by atoms with Crippen LogP contribution in [0.5, 0.6) is 5.75 Å². The van der Waals surface area contributed by atoms with E-state index in [0.29, 0.717) is 17.4 Å². The van der Waals surface area contributed by atoms with E-state index in [-0.39, 0.29) is 0 Å². The van der Waals surface area contributed by atoms with Gasteiger partial charge in [0, 0.05) is 6.21 Å². The summed E-state index contributed by atoms with van der Waals surface area (Å²) >= 11 is 0. The highest BCUT2D eigenvalue weighted by Gasteiger charge is 2.53.